The maximum absolute atomic E-state index is 6.54. The number of rotatable bonds is 3. The van der Waals surface area contributed by atoms with E-state index in [1.807, 2.05) is 0 Å². The molecule has 6 nitrogen and oxygen atoms in total. The summed E-state index contributed by atoms with van der Waals surface area (Å²) < 4.78 is 38.9. The molecule has 0 saturated carbocycles. The van der Waals surface area contributed by atoms with Gasteiger partial charge in [-0.15, -0.1) is 0 Å². The van der Waals surface area contributed by atoms with Crippen LogP contribution in [0.2, 0.25) is 0 Å². The lowest BCUT2D eigenvalue weighted by atomic mass is 9.73. The highest BCUT2D eigenvalue weighted by molar-refractivity contribution is 7.99. The second kappa shape index (κ2) is 9.40. The predicted molar refractivity (Wildman–Crippen MR) is 181 cm³/mol. The zero-order valence-electron chi connectivity index (χ0n) is 28.1. The molecule has 44 heavy (non-hydrogen) atoms. The fourth-order valence-corrected chi connectivity index (χ4v) is 7.38. The Balaban J connectivity index is 1.37. The monoisotopic (exact) mass is 612 g/mol. The Bertz CT molecular complexity index is 1640. The first-order chi connectivity index (χ1) is 20.2. The third-order valence-electron chi connectivity index (χ3n) is 11.1. The van der Waals surface area contributed by atoms with Crippen LogP contribution in [0.15, 0.2) is 52.3 Å². The van der Waals surface area contributed by atoms with E-state index in [2.05, 4.69) is 126 Å². The Morgan fingerprint density at radius 3 is 1.27 bits per heavy atom. The van der Waals surface area contributed by atoms with E-state index in [-0.39, 0.29) is 0 Å². The summed E-state index contributed by atoms with van der Waals surface area (Å²) in [6, 6.07) is 15.5. The molecule has 4 aliphatic heterocycles. The first-order valence-electron chi connectivity index (χ1n) is 15.7. The Kier molecular flexibility index (Phi) is 6.59. The minimum atomic E-state index is -0.480. The SMILES string of the molecule is CC1(C)OB(c2ccc3c(c2)Sc2cc(B4OC(C)(C)C(C)(C)O4)cc4cc(B5OC(C)(C)C(C)(C)O5)cc-3c24)OC1(C)C. The van der Waals surface area contributed by atoms with Gasteiger partial charge < -0.3 is 27.9 Å². The van der Waals surface area contributed by atoms with Gasteiger partial charge in [-0.25, -0.2) is 0 Å². The van der Waals surface area contributed by atoms with E-state index in [1.165, 1.54) is 15.8 Å². The van der Waals surface area contributed by atoms with E-state index in [1.54, 1.807) is 11.8 Å². The largest absolute Gasteiger partial charge is 0.494 e. The summed E-state index contributed by atoms with van der Waals surface area (Å²) in [7, 11) is -1.38. The van der Waals surface area contributed by atoms with E-state index >= 15 is 0 Å². The quantitative estimate of drug-likeness (QED) is 0.269. The van der Waals surface area contributed by atoms with Gasteiger partial charge in [0.15, 0.2) is 0 Å². The molecule has 0 aliphatic carbocycles. The maximum atomic E-state index is 6.54. The average Bonchev–Trinajstić information content (AvgIpc) is 3.37. The number of hydrogen-bond donors (Lipinski definition) is 0. The third kappa shape index (κ3) is 4.58. The first-order valence-corrected chi connectivity index (χ1v) is 16.5. The van der Waals surface area contributed by atoms with Crippen molar-refractivity contribution in [3.8, 4) is 11.1 Å². The van der Waals surface area contributed by atoms with Crippen molar-refractivity contribution in [2.24, 2.45) is 0 Å². The molecule has 0 aromatic heterocycles. The van der Waals surface area contributed by atoms with Gasteiger partial charge in [0, 0.05) is 15.2 Å². The number of benzene rings is 3. The fourth-order valence-electron chi connectivity index (χ4n) is 6.13. The van der Waals surface area contributed by atoms with Crippen molar-refractivity contribution in [2.75, 3.05) is 0 Å². The van der Waals surface area contributed by atoms with Crippen LogP contribution >= 0.6 is 11.8 Å². The molecule has 4 aliphatic rings. The fraction of sp³-hybridized carbons (Fsp3) is 0.529. The Morgan fingerprint density at radius 2 is 0.818 bits per heavy atom. The number of fused-ring (bicyclic) bond motifs is 2. The summed E-state index contributed by atoms with van der Waals surface area (Å²) in [6.07, 6.45) is 0. The van der Waals surface area contributed by atoms with Crippen LogP contribution in [0, 0.1) is 0 Å². The van der Waals surface area contributed by atoms with Gasteiger partial charge >= 0.3 is 21.4 Å². The lowest BCUT2D eigenvalue weighted by Crippen LogP contribution is -2.41. The van der Waals surface area contributed by atoms with Crippen LogP contribution < -0.4 is 16.4 Å². The summed E-state index contributed by atoms with van der Waals surface area (Å²) in [4.78, 5) is 2.32. The zero-order chi connectivity index (χ0) is 31.8. The molecule has 0 spiro atoms. The van der Waals surface area contributed by atoms with E-state index in [9.17, 15) is 0 Å². The number of hydrogen-bond acceptors (Lipinski definition) is 7. The smallest absolute Gasteiger partial charge is 0.399 e. The van der Waals surface area contributed by atoms with Crippen LogP contribution in [0.5, 0.6) is 0 Å². The van der Waals surface area contributed by atoms with Gasteiger partial charge in [-0.05, 0) is 128 Å². The lowest BCUT2D eigenvalue weighted by molar-refractivity contribution is 0.00578. The van der Waals surface area contributed by atoms with E-state index in [0.717, 1.165) is 32.2 Å². The van der Waals surface area contributed by atoms with Gasteiger partial charge in [-0.2, -0.15) is 0 Å². The summed E-state index contributed by atoms with van der Waals surface area (Å²) in [5, 5.41) is 2.33. The minimum absolute atomic E-state index is 0.408. The molecule has 0 N–H and O–H groups in total. The minimum Gasteiger partial charge on any atom is -0.399 e. The highest BCUT2D eigenvalue weighted by atomic mass is 32.2. The first kappa shape index (κ1) is 30.9. The molecule has 3 aromatic carbocycles. The zero-order valence-corrected chi connectivity index (χ0v) is 28.9. The van der Waals surface area contributed by atoms with Crippen LogP contribution in [-0.4, -0.2) is 55.0 Å². The second-order valence-corrected chi connectivity index (χ2v) is 16.9. The maximum Gasteiger partial charge on any atom is 0.494 e. The molecule has 230 valence electrons. The molecule has 0 bridgehead atoms. The van der Waals surface area contributed by atoms with Crippen molar-refractivity contribution in [2.45, 2.75) is 126 Å². The molecule has 0 atom stereocenters. The van der Waals surface area contributed by atoms with Crippen molar-refractivity contribution in [3.05, 3.63) is 42.5 Å². The van der Waals surface area contributed by atoms with Crippen molar-refractivity contribution in [1.82, 2.24) is 0 Å². The summed E-state index contributed by atoms with van der Waals surface area (Å²) >= 11 is 1.77. The lowest BCUT2D eigenvalue weighted by Gasteiger charge is -2.32. The van der Waals surface area contributed by atoms with E-state index < -0.39 is 55.0 Å². The van der Waals surface area contributed by atoms with Gasteiger partial charge in [0.05, 0.1) is 33.6 Å². The molecule has 10 heteroatoms. The van der Waals surface area contributed by atoms with Crippen molar-refractivity contribution < 1.29 is 27.9 Å². The molecule has 0 radical (unpaired) electrons. The second-order valence-electron chi connectivity index (χ2n) is 15.8. The van der Waals surface area contributed by atoms with Crippen LogP contribution in [0.3, 0.4) is 0 Å². The van der Waals surface area contributed by atoms with Crippen LogP contribution in [0.4, 0.5) is 0 Å². The standard InChI is InChI=1S/C34H43B3O6S/c1-29(2)30(3,4)39-35(38-29)21-13-14-24-25-17-22(36-40-31(5,6)32(7,8)41-36)15-20-16-23(19-27(28(20)25)44-26(24)18-21)37-42-33(9,10)34(11,12)43-37/h13-19H,1-12H3. The van der Waals surface area contributed by atoms with Crippen LogP contribution in [-0.2, 0) is 27.9 Å². The van der Waals surface area contributed by atoms with Crippen LogP contribution in [0.1, 0.15) is 83.1 Å². The highest BCUT2D eigenvalue weighted by Gasteiger charge is 2.54. The molecule has 3 saturated heterocycles. The molecule has 0 amide bonds. The van der Waals surface area contributed by atoms with Gasteiger partial charge in [0.1, 0.15) is 0 Å². The van der Waals surface area contributed by atoms with Gasteiger partial charge in [0.25, 0.3) is 0 Å². The molecular formula is C34H43B3O6S. The molecule has 3 aromatic rings. The molecular weight excluding hydrogens is 569 g/mol. The third-order valence-corrected chi connectivity index (χ3v) is 12.2. The van der Waals surface area contributed by atoms with Crippen LogP contribution in [0.25, 0.3) is 21.9 Å². The molecule has 7 rings (SSSR count). The van der Waals surface area contributed by atoms with Crippen molar-refractivity contribution >= 4 is 60.3 Å². The van der Waals surface area contributed by atoms with Gasteiger partial charge in [0.2, 0.25) is 0 Å². The van der Waals surface area contributed by atoms with Gasteiger partial charge in [-0.3, -0.25) is 0 Å². The molecule has 0 unspecified atom stereocenters. The van der Waals surface area contributed by atoms with Gasteiger partial charge in [-0.1, -0.05) is 42.1 Å². The summed E-state index contributed by atoms with van der Waals surface area (Å²) in [6.45, 7) is 25.1. The molecule has 3 fully saturated rings. The van der Waals surface area contributed by atoms with Crippen molar-refractivity contribution in [3.63, 3.8) is 0 Å². The predicted octanol–water partition coefficient (Wildman–Crippen LogP) is 5.87. The summed E-state index contributed by atoms with van der Waals surface area (Å²) in [5.74, 6) is 0. The van der Waals surface area contributed by atoms with Crippen molar-refractivity contribution in [1.29, 1.82) is 0 Å². The van der Waals surface area contributed by atoms with E-state index in [0.29, 0.717) is 0 Å². The Labute approximate surface area is 267 Å². The average molecular weight is 612 g/mol. The van der Waals surface area contributed by atoms with E-state index in [4.69, 9.17) is 27.9 Å². The molecule has 4 heterocycles. The summed E-state index contributed by atoms with van der Waals surface area (Å²) in [5.41, 5.74) is 2.79. The Hall–Kier alpha value is -1.78. The normalized spacial score (nSPS) is 25.1. The topological polar surface area (TPSA) is 55.4 Å². The Morgan fingerprint density at radius 1 is 0.432 bits per heavy atom. The highest BCUT2D eigenvalue weighted by Crippen LogP contribution is 2.48.